The van der Waals surface area contributed by atoms with Crippen LogP contribution in [0.4, 0.5) is 13.2 Å². The van der Waals surface area contributed by atoms with Crippen molar-refractivity contribution in [2.45, 2.75) is 25.1 Å². The molecule has 1 aliphatic heterocycles. The summed E-state index contributed by atoms with van der Waals surface area (Å²) in [5.74, 6) is -2.08. The summed E-state index contributed by atoms with van der Waals surface area (Å²) in [5.41, 5.74) is -1.55. The number of carbonyl (C=O) groups is 2. The minimum atomic E-state index is -4.65. The highest BCUT2D eigenvalue weighted by molar-refractivity contribution is 5.98. The molecular formula is C13H12F3NO3. The van der Waals surface area contributed by atoms with Crippen LogP contribution in [-0.4, -0.2) is 34.5 Å². The maximum Gasteiger partial charge on any atom is 0.417 e. The molecule has 20 heavy (non-hydrogen) atoms. The van der Waals surface area contributed by atoms with E-state index in [4.69, 9.17) is 5.11 Å². The number of carboxylic acids is 1. The molecule has 1 N–H and O–H groups in total. The van der Waals surface area contributed by atoms with Crippen LogP contribution in [0.5, 0.6) is 0 Å². The monoisotopic (exact) mass is 287 g/mol. The fourth-order valence-electron chi connectivity index (χ4n) is 2.34. The molecule has 108 valence electrons. The second-order valence-electron chi connectivity index (χ2n) is 4.54. The number of carboxylic acid groups (broad SMARTS) is 1. The van der Waals surface area contributed by atoms with E-state index < -0.39 is 35.2 Å². The lowest BCUT2D eigenvalue weighted by atomic mass is 10.1. The highest BCUT2D eigenvalue weighted by Crippen LogP contribution is 2.33. The molecule has 1 fully saturated rings. The van der Waals surface area contributed by atoms with Crippen LogP contribution >= 0.6 is 0 Å². The van der Waals surface area contributed by atoms with Crippen LogP contribution in [0.1, 0.15) is 28.8 Å². The van der Waals surface area contributed by atoms with Crippen molar-refractivity contribution in [2.24, 2.45) is 0 Å². The van der Waals surface area contributed by atoms with Gasteiger partial charge in [0.2, 0.25) is 0 Å². The summed E-state index contributed by atoms with van der Waals surface area (Å²) >= 11 is 0. The summed E-state index contributed by atoms with van der Waals surface area (Å²) in [6, 6.07) is 3.36. The number of amides is 1. The number of rotatable bonds is 2. The number of likely N-dealkylation sites (tertiary alicyclic amines) is 1. The summed E-state index contributed by atoms with van der Waals surface area (Å²) in [4.78, 5) is 24.2. The number of aliphatic carboxylic acids is 1. The second kappa shape index (κ2) is 5.15. The van der Waals surface area contributed by atoms with Gasteiger partial charge in [0.1, 0.15) is 6.04 Å². The first-order valence-electron chi connectivity index (χ1n) is 6.02. The van der Waals surface area contributed by atoms with Crippen LogP contribution in [0.3, 0.4) is 0 Å². The van der Waals surface area contributed by atoms with Gasteiger partial charge in [-0.05, 0) is 25.0 Å². The van der Waals surface area contributed by atoms with Crippen molar-refractivity contribution in [3.63, 3.8) is 0 Å². The van der Waals surface area contributed by atoms with E-state index in [0.29, 0.717) is 6.42 Å². The third-order valence-corrected chi connectivity index (χ3v) is 3.26. The number of hydrogen-bond acceptors (Lipinski definition) is 2. The molecule has 1 atom stereocenters. The largest absolute Gasteiger partial charge is 0.480 e. The zero-order chi connectivity index (χ0) is 14.9. The van der Waals surface area contributed by atoms with Crippen LogP contribution < -0.4 is 0 Å². The molecule has 0 unspecified atom stereocenters. The number of alkyl halides is 3. The fourth-order valence-corrected chi connectivity index (χ4v) is 2.34. The predicted octanol–water partition coefficient (Wildman–Crippen LogP) is 2.39. The summed E-state index contributed by atoms with van der Waals surface area (Å²) in [5, 5.41) is 8.99. The summed E-state index contributed by atoms with van der Waals surface area (Å²) in [6.45, 7) is 0.155. The lowest BCUT2D eigenvalue weighted by Gasteiger charge is -2.23. The number of hydrogen-bond donors (Lipinski definition) is 1. The second-order valence-corrected chi connectivity index (χ2v) is 4.54. The van der Waals surface area contributed by atoms with Gasteiger partial charge in [0, 0.05) is 6.54 Å². The average molecular weight is 287 g/mol. The fraction of sp³-hybridized carbons (Fsp3) is 0.385. The normalized spacial score (nSPS) is 19.1. The Labute approximate surface area is 112 Å². The maximum atomic E-state index is 12.9. The van der Waals surface area contributed by atoms with Gasteiger partial charge < -0.3 is 10.0 Å². The highest BCUT2D eigenvalue weighted by atomic mass is 19.4. The molecule has 0 bridgehead atoms. The quantitative estimate of drug-likeness (QED) is 0.908. The lowest BCUT2D eigenvalue weighted by molar-refractivity contribution is -0.141. The van der Waals surface area contributed by atoms with Gasteiger partial charge in [-0.3, -0.25) is 4.79 Å². The number of halogens is 3. The van der Waals surface area contributed by atoms with Crippen molar-refractivity contribution in [3.05, 3.63) is 35.4 Å². The van der Waals surface area contributed by atoms with E-state index in [1.807, 2.05) is 0 Å². The molecule has 1 saturated heterocycles. The molecule has 1 aromatic carbocycles. The van der Waals surface area contributed by atoms with E-state index >= 15 is 0 Å². The first-order valence-corrected chi connectivity index (χ1v) is 6.02. The number of carbonyl (C=O) groups excluding carboxylic acids is 1. The predicted molar refractivity (Wildman–Crippen MR) is 63.1 cm³/mol. The Hall–Kier alpha value is -2.05. The van der Waals surface area contributed by atoms with Gasteiger partial charge in [-0.15, -0.1) is 0 Å². The van der Waals surface area contributed by atoms with Gasteiger partial charge in [-0.2, -0.15) is 13.2 Å². The Morgan fingerprint density at radius 3 is 2.50 bits per heavy atom. The third kappa shape index (κ3) is 2.61. The van der Waals surface area contributed by atoms with Crippen LogP contribution in [0.2, 0.25) is 0 Å². The van der Waals surface area contributed by atoms with Gasteiger partial charge in [0.25, 0.3) is 5.91 Å². The van der Waals surface area contributed by atoms with Crippen molar-refractivity contribution in [3.8, 4) is 0 Å². The molecule has 2 rings (SSSR count). The Morgan fingerprint density at radius 2 is 1.90 bits per heavy atom. The van der Waals surface area contributed by atoms with E-state index in [9.17, 15) is 22.8 Å². The molecule has 0 aliphatic carbocycles. The van der Waals surface area contributed by atoms with Crippen molar-refractivity contribution in [1.82, 2.24) is 4.90 Å². The lowest BCUT2D eigenvalue weighted by Crippen LogP contribution is -2.41. The molecule has 4 nitrogen and oxygen atoms in total. The minimum absolute atomic E-state index is 0.155. The summed E-state index contributed by atoms with van der Waals surface area (Å²) in [6.07, 6.45) is -3.92. The van der Waals surface area contributed by atoms with E-state index in [2.05, 4.69) is 0 Å². The van der Waals surface area contributed by atoms with E-state index in [1.165, 1.54) is 12.1 Å². The summed E-state index contributed by atoms with van der Waals surface area (Å²) in [7, 11) is 0. The van der Waals surface area contributed by atoms with Crippen molar-refractivity contribution in [1.29, 1.82) is 0 Å². The van der Waals surface area contributed by atoms with Crippen LogP contribution in [0.15, 0.2) is 24.3 Å². The minimum Gasteiger partial charge on any atom is -0.480 e. The first-order chi connectivity index (χ1) is 9.32. The van der Waals surface area contributed by atoms with Gasteiger partial charge in [-0.25, -0.2) is 4.79 Å². The van der Waals surface area contributed by atoms with Gasteiger partial charge in [-0.1, -0.05) is 12.1 Å². The molecule has 7 heteroatoms. The summed E-state index contributed by atoms with van der Waals surface area (Å²) < 4.78 is 38.6. The SMILES string of the molecule is O=C(O)[C@H]1CCCN1C(=O)c1ccccc1C(F)(F)F. The van der Waals surface area contributed by atoms with E-state index in [-0.39, 0.29) is 13.0 Å². The maximum absolute atomic E-state index is 12.9. The van der Waals surface area contributed by atoms with Gasteiger partial charge in [0.15, 0.2) is 0 Å². The number of nitrogens with zero attached hydrogens (tertiary/aromatic N) is 1. The first kappa shape index (κ1) is 14.4. The molecular weight excluding hydrogens is 275 g/mol. The highest BCUT2D eigenvalue weighted by Gasteiger charge is 2.39. The molecule has 0 radical (unpaired) electrons. The Morgan fingerprint density at radius 1 is 1.25 bits per heavy atom. The van der Waals surface area contributed by atoms with Crippen LogP contribution in [0.25, 0.3) is 0 Å². The van der Waals surface area contributed by atoms with E-state index in [0.717, 1.165) is 17.0 Å². The smallest absolute Gasteiger partial charge is 0.417 e. The topological polar surface area (TPSA) is 57.6 Å². The van der Waals surface area contributed by atoms with Gasteiger partial charge >= 0.3 is 12.1 Å². The average Bonchev–Trinajstić information content (AvgIpc) is 2.86. The zero-order valence-electron chi connectivity index (χ0n) is 10.4. The Bertz CT molecular complexity index is 542. The van der Waals surface area contributed by atoms with Crippen LogP contribution in [-0.2, 0) is 11.0 Å². The van der Waals surface area contributed by atoms with E-state index in [1.54, 1.807) is 0 Å². The standard InChI is InChI=1S/C13H12F3NO3/c14-13(15,16)9-5-2-1-4-8(9)11(18)17-7-3-6-10(17)12(19)20/h1-2,4-5,10H,3,6-7H2,(H,19,20)/t10-/m1/s1. The van der Waals surface area contributed by atoms with Crippen molar-refractivity contribution >= 4 is 11.9 Å². The number of benzene rings is 1. The Kier molecular flexibility index (Phi) is 3.69. The molecule has 1 amide bonds. The third-order valence-electron chi connectivity index (χ3n) is 3.26. The molecule has 1 aliphatic rings. The Balaban J connectivity index is 2.37. The molecule has 1 aromatic rings. The molecule has 0 spiro atoms. The zero-order valence-corrected chi connectivity index (χ0v) is 10.4. The molecule has 0 saturated carbocycles. The van der Waals surface area contributed by atoms with Crippen molar-refractivity contribution in [2.75, 3.05) is 6.54 Å². The molecule has 1 heterocycles. The van der Waals surface area contributed by atoms with Gasteiger partial charge in [0.05, 0.1) is 11.1 Å². The van der Waals surface area contributed by atoms with Crippen molar-refractivity contribution < 1.29 is 27.9 Å². The molecule has 0 aromatic heterocycles. The van der Waals surface area contributed by atoms with Crippen LogP contribution in [0, 0.1) is 0 Å².